The van der Waals surface area contributed by atoms with Gasteiger partial charge in [-0.1, -0.05) is 6.92 Å². The quantitative estimate of drug-likeness (QED) is 0.569. The molecule has 3 aromatic rings. The number of hydrogen-bond acceptors (Lipinski definition) is 8. The van der Waals surface area contributed by atoms with Gasteiger partial charge >= 0.3 is 0 Å². The molecule has 1 aliphatic heterocycles. The Kier molecular flexibility index (Phi) is 6.31. The number of thiazole rings is 1. The van der Waals surface area contributed by atoms with Crippen molar-refractivity contribution in [3.05, 3.63) is 52.6 Å². The molecule has 0 bridgehead atoms. The molecular weight excluding hydrogens is 426 g/mol. The number of likely N-dealkylation sites (N-methyl/N-ethyl adjacent to an activating group) is 1. The number of anilines is 4. The summed E-state index contributed by atoms with van der Waals surface area (Å²) in [4.78, 5) is 42.6. The molecule has 0 aliphatic carbocycles. The Morgan fingerprint density at radius 1 is 1.22 bits per heavy atom. The van der Waals surface area contributed by atoms with E-state index in [1.54, 1.807) is 42.0 Å². The van der Waals surface area contributed by atoms with Crippen LogP contribution in [0.25, 0.3) is 0 Å². The largest absolute Gasteiger partial charge is 0.347 e. The second-order valence-corrected chi connectivity index (χ2v) is 8.49. The lowest BCUT2D eigenvalue weighted by molar-refractivity contribution is -0.119. The van der Waals surface area contributed by atoms with E-state index in [9.17, 15) is 9.59 Å². The first kappa shape index (κ1) is 21.7. The van der Waals surface area contributed by atoms with Crippen molar-refractivity contribution in [2.75, 3.05) is 28.7 Å². The molecule has 0 saturated carbocycles. The molecule has 10 heteroatoms. The maximum atomic E-state index is 12.5. The summed E-state index contributed by atoms with van der Waals surface area (Å²) in [5.74, 6) is 1.05. The molecule has 1 unspecified atom stereocenters. The van der Waals surface area contributed by atoms with Crippen LogP contribution in [-0.4, -0.2) is 46.4 Å². The average molecular weight is 452 g/mol. The van der Waals surface area contributed by atoms with E-state index in [0.29, 0.717) is 23.7 Å². The van der Waals surface area contributed by atoms with Gasteiger partial charge in [-0.3, -0.25) is 14.6 Å². The van der Waals surface area contributed by atoms with Crippen molar-refractivity contribution >= 4 is 46.3 Å². The van der Waals surface area contributed by atoms with Gasteiger partial charge in [0.25, 0.3) is 5.91 Å². The summed E-state index contributed by atoms with van der Waals surface area (Å²) in [6.45, 7) is 5.15. The van der Waals surface area contributed by atoms with Gasteiger partial charge < -0.3 is 20.4 Å². The third-order valence-electron chi connectivity index (χ3n) is 5.31. The zero-order valence-electron chi connectivity index (χ0n) is 18.2. The highest BCUT2D eigenvalue weighted by atomic mass is 32.1. The number of rotatable bonds is 7. The van der Waals surface area contributed by atoms with Crippen molar-refractivity contribution in [2.24, 2.45) is 0 Å². The summed E-state index contributed by atoms with van der Waals surface area (Å²) in [6.07, 6.45) is 4.31. The standard InChI is InChI=1S/C22H25N7O2S/c1-4-9-29-14(2)21(31)28(3)18-12-25-22(27-19(18)29)26-16-7-5-15(6-8-16)20(30)24-11-17-10-23-13-32-17/h5-8,10,12-14H,4,9,11H2,1-3H3,(H,24,30)(H,25,26,27). The smallest absolute Gasteiger partial charge is 0.251 e. The van der Waals surface area contributed by atoms with E-state index < -0.39 is 0 Å². The van der Waals surface area contributed by atoms with Crippen molar-refractivity contribution in [3.63, 3.8) is 0 Å². The van der Waals surface area contributed by atoms with Gasteiger partial charge in [-0.25, -0.2) is 4.98 Å². The summed E-state index contributed by atoms with van der Waals surface area (Å²) in [6, 6.07) is 6.85. The van der Waals surface area contributed by atoms with Crippen LogP contribution in [0.5, 0.6) is 0 Å². The normalized spacial score (nSPS) is 15.5. The molecule has 9 nitrogen and oxygen atoms in total. The molecule has 3 heterocycles. The van der Waals surface area contributed by atoms with E-state index in [1.807, 2.05) is 24.0 Å². The van der Waals surface area contributed by atoms with Gasteiger partial charge in [-0.05, 0) is 37.6 Å². The van der Waals surface area contributed by atoms with Gasteiger partial charge in [0.05, 0.1) is 18.3 Å². The lowest BCUT2D eigenvalue weighted by atomic mass is 10.1. The first-order chi connectivity index (χ1) is 15.5. The van der Waals surface area contributed by atoms with E-state index in [0.717, 1.165) is 29.3 Å². The molecule has 32 heavy (non-hydrogen) atoms. The zero-order valence-corrected chi connectivity index (χ0v) is 19.0. The molecule has 2 N–H and O–H groups in total. The van der Waals surface area contributed by atoms with Crippen molar-refractivity contribution in [3.8, 4) is 0 Å². The first-order valence-electron chi connectivity index (χ1n) is 10.4. The minimum Gasteiger partial charge on any atom is -0.347 e. The number of benzene rings is 1. The maximum absolute atomic E-state index is 12.5. The van der Waals surface area contributed by atoms with E-state index in [1.165, 1.54) is 11.3 Å². The summed E-state index contributed by atoms with van der Waals surface area (Å²) in [5.41, 5.74) is 3.76. The van der Waals surface area contributed by atoms with Crippen molar-refractivity contribution < 1.29 is 9.59 Å². The molecule has 0 saturated heterocycles. The molecule has 1 aromatic carbocycles. The lowest BCUT2D eigenvalue weighted by Gasteiger charge is -2.38. The lowest BCUT2D eigenvalue weighted by Crippen LogP contribution is -2.51. The van der Waals surface area contributed by atoms with Crippen molar-refractivity contribution in [1.82, 2.24) is 20.3 Å². The Bertz CT molecular complexity index is 1100. The Morgan fingerprint density at radius 3 is 2.69 bits per heavy atom. The molecule has 2 aromatic heterocycles. The number of amides is 2. The topological polar surface area (TPSA) is 103 Å². The first-order valence-corrected chi connectivity index (χ1v) is 11.3. The van der Waals surface area contributed by atoms with Crippen LogP contribution in [0.3, 0.4) is 0 Å². The predicted octanol–water partition coefficient (Wildman–Crippen LogP) is 3.19. The van der Waals surface area contributed by atoms with Crippen LogP contribution in [0.15, 0.2) is 42.2 Å². The van der Waals surface area contributed by atoms with Crippen LogP contribution < -0.4 is 20.4 Å². The van der Waals surface area contributed by atoms with E-state index in [-0.39, 0.29) is 17.9 Å². The molecule has 0 fully saturated rings. The van der Waals surface area contributed by atoms with Crippen LogP contribution >= 0.6 is 11.3 Å². The Balaban J connectivity index is 1.47. The molecule has 0 spiro atoms. The summed E-state index contributed by atoms with van der Waals surface area (Å²) in [7, 11) is 1.75. The molecule has 4 rings (SSSR count). The van der Waals surface area contributed by atoms with Crippen LogP contribution in [-0.2, 0) is 11.3 Å². The summed E-state index contributed by atoms with van der Waals surface area (Å²) in [5, 5.41) is 6.07. The third-order valence-corrected chi connectivity index (χ3v) is 6.09. The van der Waals surface area contributed by atoms with Crippen molar-refractivity contribution in [1.29, 1.82) is 0 Å². The van der Waals surface area contributed by atoms with Gasteiger partial charge in [-0.15, -0.1) is 11.3 Å². The molecule has 2 amide bonds. The average Bonchev–Trinajstić information content (AvgIpc) is 3.33. The number of hydrogen-bond donors (Lipinski definition) is 2. The fourth-order valence-corrected chi connectivity index (χ4v) is 4.10. The third kappa shape index (κ3) is 4.40. The molecule has 0 radical (unpaired) electrons. The van der Waals surface area contributed by atoms with Gasteiger partial charge in [-0.2, -0.15) is 4.98 Å². The van der Waals surface area contributed by atoms with E-state index in [4.69, 9.17) is 0 Å². The number of fused-ring (bicyclic) bond motifs is 1. The Hall–Kier alpha value is -3.53. The van der Waals surface area contributed by atoms with Gasteiger partial charge in [0.15, 0.2) is 5.82 Å². The van der Waals surface area contributed by atoms with Crippen LogP contribution in [0.2, 0.25) is 0 Å². The second kappa shape index (κ2) is 9.31. The molecular formula is C22H25N7O2S. The van der Waals surface area contributed by atoms with Crippen molar-refractivity contribution in [2.45, 2.75) is 32.9 Å². The van der Waals surface area contributed by atoms with Crippen LogP contribution in [0.1, 0.15) is 35.5 Å². The highest BCUT2D eigenvalue weighted by molar-refractivity contribution is 7.09. The van der Waals surface area contributed by atoms with Gasteiger partial charge in [0, 0.05) is 35.9 Å². The minimum absolute atomic E-state index is 0.0273. The monoisotopic (exact) mass is 451 g/mol. The van der Waals surface area contributed by atoms with E-state index in [2.05, 4.69) is 32.5 Å². The number of carbonyl (C=O) groups is 2. The fraction of sp³-hybridized carbons (Fsp3) is 0.318. The Labute approximate surface area is 190 Å². The zero-order chi connectivity index (χ0) is 22.7. The number of carbonyl (C=O) groups excluding carboxylic acids is 2. The Morgan fingerprint density at radius 2 is 2.00 bits per heavy atom. The van der Waals surface area contributed by atoms with Crippen LogP contribution in [0, 0.1) is 0 Å². The SMILES string of the molecule is CCCN1c2nc(Nc3ccc(C(=O)NCc4cncs4)cc3)ncc2N(C)C(=O)C1C. The minimum atomic E-state index is -0.280. The molecule has 1 aliphatic rings. The fourth-order valence-electron chi connectivity index (χ4n) is 3.56. The predicted molar refractivity (Wildman–Crippen MR) is 126 cm³/mol. The summed E-state index contributed by atoms with van der Waals surface area (Å²) >= 11 is 1.50. The highest BCUT2D eigenvalue weighted by Crippen LogP contribution is 2.34. The highest BCUT2D eigenvalue weighted by Gasteiger charge is 2.34. The maximum Gasteiger partial charge on any atom is 0.251 e. The van der Waals surface area contributed by atoms with E-state index >= 15 is 0 Å². The number of aromatic nitrogens is 3. The summed E-state index contributed by atoms with van der Waals surface area (Å²) < 4.78 is 0. The number of nitrogens with zero attached hydrogens (tertiary/aromatic N) is 5. The number of nitrogens with one attached hydrogen (secondary N) is 2. The molecule has 1 atom stereocenters. The van der Waals surface area contributed by atoms with Gasteiger partial charge in [0.2, 0.25) is 11.9 Å². The molecule has 166 valence electrons. The van der Waals surface area contributed by atoms with Gasteiger partial charge in [0.1, 0.15) is 11.7 Å². The second-order valence-electron chi connectivity index (χ2n) is 7.52. The van der Waals surface area contributed by atoms with Crippen LogP contribution in [0.4, 0.5) is 23.1 Å².